The number of fused-ring (bicyclic) bond motifs is 1. The number of benzene rings is 2. The lowest BCUT2D eigenvalue weighted by Gasteiger charge is -2.25. The highest BCUT2D eigenvalue weighted by Crippen LogP contribution is 2.30. The smallest absolute Gasteiger partial charge is 0.234 e. The molecule has 0 radical (unpaired) electrons. The number of halogens is 2. The average molecular weight is 474 g/mol. The van der Waals surface area contributed by atoms with Gasteiger partial charge in [0.1, 0.15) is 11.6 Å². The molecule has 184 valence electrons. The lowest BCUT2D eigenvalue weighted by atomic mass is 9.97. The van der Waals surface area contributed by atoms with E-state index in [1.54, 1.807) is 0 Å². The number of nitrogens with two attached hydrogens (primary N) is 1. The van der Waals surface area contributed by atoms with Gasteiger partial charge in [0.05, 0.1) is 25.0 Å². The molecule has 6 nitrogen and oxygen atoms in total. The van der Waals surface area contributed by atoms with E-state index in [0.29, 0.717) is 31.6 Å². The Balaban J connectivity index is 0.000000161. The minimum Gasteiger partial charge on any atom is -0.380 e. The van der Waals surface area contributed by atoms with Crippen LogP contribution in [0, 0.1) is 29.4 Å². The molecule has 0 aromatic heterocycles. The van der Waals surface area contributed by atoms with Crippen LogP contribution in [-0.4, -0.2) is 49.1 Å². The maximum absolute atomic E-state index is 12.1. The molecule has 0 bridgehead atoms. The molecule has 3 saturated heterocycles. The highest BCUT2D eigenvalue weighted by atomic mass is 19.1. The van der Waals surface area contributed by atoms with Crippen molar-refractivity contribution < 1.29 is 23.1 Å². The minimum absolute atomic E-state index is 0.0196. The van der Waals surface area contributed by atoms with Gasteiger partial charge >= 0.3 is 0 Å². The number of hydrogen-bond acceptors (Lipinski definition) is 5. The molecule has 4 atom stereocenters. The second kappa shape index (κ2) is 12.7. The first kappa shape index (κ1) is 25.9. The number of hydrogen-bond donors (Lipinski definition) is 2. The van der Waals surface area contributed by atoms with Crippen LogP contribution in [-0.2, 0) is 20.9 Å². The third-order valence-electron chi connectivity index (χ3n) is 6.27. The molecule has 2 aromatic rings. The van der Waals surface area contributed by atoms with Crippen molar-refractivity contribution in [2.75, 3.05) is 26.3 Å². The Morgan fingerprint density at radius 3 is 1.97 bits per heavy atom. The zero-order valence-corrected chi connectivity index (χ0v) is 19.5. The fraction of sp³-hybridized carbons (Fsp3) is 0.462. The molecule has 5 rings (SSSR count). The number of carbonyl (C=O) groups excluding carboxylic acids is 2. The van der Waals surface area contributed by atoms with Crippen molar-refractivity contribution in [3.8, 4) is 0 Å². The van der Waals surface area contributed by atoms with Gasteiger partial charge < -0.3 is 15.8 Å². The SMILES string of the molecule is CCC1COCC(N)C1.Fc1ccc(F)cc1.O=C1C2CNCC2C(=O)N1Cc1ccccc1. The molecule has 2 amide bonds. The molecule has 34 heavy (non-hydrogen) atoms. The Kier molecular flexibility index (Phi) is 9.68. The van der Waals surface area contributed by atoms with E-state index in [0.717, 1.165) is 49.5 Å². The molecule has 3 aliphatic rings. The summed E-state index contributed by atoms with van der Waals surface area (Å²) in [7, 11) is 0. The van der Waals surface area contributed by atoms with Crippen LogP contribution in [0.25, 0.3) is 0 Å². The zero-order chi connectivity index (χ0) is 24.5. The normalized spacial score (nSPS) is 25.7. The van der Waals surface area contributed by atoms with E-state index in [-0.39, 0.29) is 23.7 Å². The van der Waals surface area contributed by atoms with E-state index in [4.69, 9.17) is 10.5 Å². The van der Waals surface area contributed by atoms with E-state index >= 15 is 0 Å². The summed E-state index contributed by atoms with van der Waals surface area (Å²) in [5.74, 6) is -0.410. The fourth-order valence-corrected chi connectivity index (χ4v) is 4.29. The summed E-state index contributed by atoms with van der Waals surface area (Å²) in [5, 5.41) is 3.10. The maximum atomic E-state index is 12.1. The molecule has 0 aliphatic carbocycles. The van der Waals surface area contributed by atoms with Gasteiger partial charge in [-0.05, 0) is 42.2 Å². The zero-order valence-electron chi connectivity index (χ0n) is 19.5. The summed E-state index contributed by atoms with van der Waals surface area (Å²) < 4.78 is 29.1. The van der Waals surface area contributed by atoms with Gasteiger partial charge in [-0.25, -0.2) is 8.78 Å². The number of ether oxygens (including phenoxy) is 1. The van der Waals surface area contributed by atoms with Crippen molar-refractivity contribution in [1.29, 1.82) is 0 Å². The number of nitrogens with zero attached hydrogens (tertiary/aromatic N) is 1. The summed E-state index contributed by atoms with van der Waals surface area (Å²) >= 11 is 0. The molecule has 3 fully saturated rings. The summed E-state index contributed by atoms with van der Waals surface area (Å²) in [6, 6.07) is 14.2. The van der Waals surface area contributed by atoms with E-state index < -0.39 is 11.6 Å². The molecule has 4 unspecified atom stereocenters. The molecule has 3 aliphatic heterocycles. The molecular formula is C26H33F2N3O3. The van der Waals surface area contributed by atoms with E-state index in [9.17, 15) is 18.4 Å². The topological polar surface area (TPSA) is 84.7 Å². The standard InChI is InChI=1S/C13H14N2O2.C7H15NO.C6H4F2/c16-12-10-6-14-7-11(10)13(17)15(12)8-9-4-2-1-3-5-9;1-2-6-3-7(8)5-9-4-6;7-5-1-2-6(8)4-3-5/h1-5,10-11,14H,6-8H2;6-7H,2-5,8H2,1H3;1-4H. The Hall–Kier alpha value is -2.68. The van der Waals surface area contributed by atoms with Crippen molar-refractivity contribution in [2.24, 2.45) is 23.5 Å². The predicted octanol–water partition coefficient (Wildman–Crippen LogP) is 3.12. The minimum atomic E-state index is -0.411. The maximum Gasteiger partial charge on any atom is 0.234 e. The van der Waals surface area contributed by atoms with Crippen LogP contribution in [0.1, 0.15) is 25.3 Å². The highest BCUT2D eigenvalue weighted by Gasteiger charge is 2.49. The van der Waals surface area contributed by atoms with Gasteiger partial charge in [-0.3, -0.25) is 14.5 Å². The number of imide groups is 1. The quantitative estimate of drug-likeness (QED) is 0.670. The lowest BCUT2D eigenvalue weighted by molar-refractivity contribution is -0.140. The number of carbonyl (C=O) groups is 2. The molecular weight excluding hydrogens is 440 g/mol. The second-order valence-corrected chi connectivity index (χ2v) is 8.86. The second-order valence-electron chi connectivity index (χ2n) is 8.86. The Morgan fingerprint density at radius 2 is 1.50 bits per heavy atom. The number of nitrogens with one attached hydrogen (secondary N) is 1. The Labute approximate surface area is 199 Å². The summed E-state index contributed by atoms with van der Waals surface area (Å²) in [4.78, 5) is 25.5. The Bertz CT molecular complexity index is 884. The van der Waals surface area contributed by atoms with Gasteiger partial charge in [-0.15, -0.1) is 0 Å². The van der Waals surface area contributed by atoms with Crippen LogP contribution in [0.5, 0.6) is 0 Å². The third kappa shape index (κ3) is 7.16. The van der Waals surface area contributed by atoms with Crippen LogP contribution in [0.15, 0.2) is 54.6 Å². The molecule has 0 saturated carbocycles. The number of rotatable bonds is 3. The molecule has 2 aromatic carbocycles. The van der Waals surface area contributed by atoms with Gasteiger partial charge in [-0.1, -0.05) is 43.7 Å². The summed E-state index contributed by atoms with van der Waals surface area (Å²) in [5.41, 5.74) is 6.68. The van der Waals surface area contributed by atoms with Crippen molar-refractivity contribution in [2.45, 2.75) is 32.4 Å². The van der Waals surface area contributed by atoms with Gasteiger partial charge in [0, 0.05) is 25.7 Å². The van der Waals surface area contributed by atoms with Gasteiger partial charge in [0.25, 0.3) is 0 Å². The van der Waals surface area contributed by atoms with E-state index in [1.807, 2.05) is 30.3 Å². The monoisotopic (exact) mass is 473 g/mol. The first-order valence-corrected chi connectivity index (χ1v) is 11.7. The summed E-state index contributed by atoms with van der Waals surface area (Å²) in [6.45, 7) is 5.55. The van der Waals surface area contributed by atoms with Gasteiger partial charge in [0.15, 0.2) is 0 Å². The molecule has 0 spiro atoms. The third-order valence-corrected chi connectivity index (χ3v) is 6.27. The largest absolute Gasteiger partial charge is 0.380 e. The van der Waals surface area contributed by atoms with E-state index in [1.165, 1.54) is 11.3 Å². The van der Waals surface area contributed by atoms with Crippen molar-refractivity contribution in [3.05, 3.63) is 71.8 Å². The van der Waals surface area contributed by atoms with Crippen LogP contribution in [0.2, 0.25) is 0 Å². The van der Waals surface area contributed by atoms with Gasteiger partial charge in [0.2, 0.25) is 11.8 Å². The lowest BCUT2D eigenvalue weighted by Crippen LogP contribution is -2.35. The van der Waals surface area contributed by atoms with Crippen molar-refractivity contribution >= 4 is 11.8 Å². The van der Waals surface area contributed by atoms with Crippen molar-refractivity contribution in [1.82, 2.24) is 10.2 Å². The number of amides is 2. The predicted molar refractivity (Wildman–Crippen MR) is 125 cm³/mol. The first-order valence-electron chi connectivity index (χ1n) is 11.7. The number of likely N-dealkylation sites (tertiary alicyclic amines) is 1. The molecule has 3 N–H and O–H groups in total. The van der Waals surface area contributed by atoms with Crippen LogP contribution in [0.3, 0.4) is 0 Å². The van der Waals surface area contributed by atoms with Crippen LogP contribution in [0.4, 0.5) is 8.78 Å². The van der Waals surface area contributed by atoms with Crippen LogP contribution < -0.4 is 11.1 Å². The highest BCUT2D eigenvalue weighted by molar-refractivity contribution is 6.05. The molecule has 8 heteroatoms. The average Bonchev–Trinajstić information content (AvgIpc) is 3.42. The van der Waals surface area contributed by atoms with Crippen molar-refractivity contribution in [3.63, 3.8) is 0 Å². The first-order chi connectivity index (χ1) is 16.4. The van der Waals surface area contributed by atoms with Crippen LogP contribution >= 0.6 is 0 Å². The van der Waals surface area contributed by atoms with Gasteiger partial charge in [-0.2, -0.15) is 0 Å². The molecule has 3 heterocycles. The van der Waals surface area contributed by atoms with E-state index in [2.05, 4.69) is 12.2 Å². The summed E-state index contributed by atoms with van der Waals surface area (Å²) in [6.07, 6.45) is 2.35. The fourth-order valence-electron chi connectivity index (χ4n) is 4.29. The Morgan fingerprint density at radius 1 is 0.941 bits per heavy atom.